The molecular formula is C13H24N2O4S. The number of nitrogens with one attached hydrogen (secondary N) is 2. The molecule has 0 aliphatic heterocycles. The third kappa shape index (κ3) is 5.11. The van der Waals surface area contributed by atoms with Gasteiger partial charge >= 0.3 is 12.0 Å². The van der Waals surface area contributed by atoms with Gasteiger partial charge in [0.2, 0.25) is 0 Å². The average Bonchev–Trinajstić information content (AvgIpc) is 2.37. The zero-order valence-electron chi connectivity index (χ0n) is 12.1. The van der Waals surface area contributed by atoms with Crippen molar-refractivity contribution in [1.29, 1.82) is 0 Å². The number of carbonyl (C=O) groups is 2. The quantitative estimate of drug-likeness (QED) is 0.640. The summed E-state index contributed by atoms with van der Waals surface area (Å²) in [6, 6.07) is -0.455. The van der Waals surface area contributed by atoms with E-state index in [-0.39, 0.29) is 0 Å². The number of carboxylic acid groups (broad SMARTS) is 1. The summed E-state index contributed by atoms with van der Waals surface area (Å²) in [6.45, 7) is 2.49. The maximum atomic E-state index is 11.8. The molecule has 0 bridgehead atoms. The molecule has 3 N–H and O–H groups in total. The molecule has 0 heterocycles. The predicted molar refractivity (Wildman–Crippen MR) is 78.1 cm³/mol. The van der Waals surface area contributed by atoms with E-state index < -0.39 is 28.3 Å². The first-order valence-corrected chi connectivity index (χ1v) is 8.68. The number of amides is 2. The van der Waals surface area contributed by atoms with Crippen LogP contribution in [-0.4, -0.2) is 45.4 Å². The number of rotatable bonds is 6. The fraction of sp³-hybridized carbons (Fsp3) is 0.846. The minimum Gasteiger partial charge on any atom is -0.480 e. The van der Waals surface area contributed by atoms with Gasteiger partial charge in [0.25, 0.3) is 0 Å². The second-order valence-corrected chi connectivity index (χ2v) is 7.14. The van der Waals surface area contributed by atoms with Crippen molar-refractivity contribution in [2.75, 3.05) is 18.6 Å². The Morgan fingerprint density at radius 1 is 1.35 bits per heavy atom. The van der Waals surface area contributed by atoms with Crippen LogP contribution >= 0.6 is 0 Å². The van der Waals surface area contributed by atoms with E-state index in [2.05, 4.69) is 17.6 Å². The Hall–Kier alpha value is -1.11. The Balaban J connectivity index is 2.44. The summed E-state index contributed by atoms with van der Waals surface area (Å²) in [4.78, 5) is 23.2. The summed E-state index contributed by atoms with van der Waals surface area (Å²) in [5.41, 5.74) is -1.13. The summed E-state index contributed by atoms with van der Waals surface area (Å²) in [5, 5.41) is 14.6. The number of hydrogen-bond acceptors (Lipinski definition) is 3. The Morgan fingerprint density at radius 2 is 1.95 bits per heavy atom. The molecular weight excluding hydrogens is 280 g/mol. The second kappa shape index (κ2) is 7.61. The molecule has 1 rings (SSSR count). The lowest BCUT2D eigenvalue weighted by atomic mass is 9.77. The highest BCUT2D eigenvalue weighted by atomic mass is 32.2. The minimum absolute atomic E-state index is 0.400. The highest BCUT2D eigenvalue weighted by Crippen LogP contribution is 2.32. The Morgan fingerprint density at radius 3 is 2.45 bits per heavy atom. The van der Waals surface area contributed by atoms with Crippen LogP contribution in [0, 0.1) is 5.92 Å². The highest BCUT2D eigenvalue weighted by molar-refractivity contribution is 7.84. The lowest BCUT2D eigenvalue weighted by molar-refractivity contribution is -0.146. The lowest BCUT2D eigenvalue weighted by Crippen LogP contribution is -2.58. The zero-order valence-corrected chi connectivity index (χ0v) is 12.9. The van der Waals surface area contributed by atoms with Gasteiger partial charge in [0.15, 0.2) is 0 Å². The lowest BCUT2D eigenvalue weighted by Gasteiger charge is -2.36. The molecule has 6 nitrogen and oxygen atoms in total. The van der Waals surface area contributed by atoms with Gasteiger partial charge in [0, 0.05) is 29.4 Å². The van der Waals surface area contributed by atoms with Crippen LogP contribution in [0.15, 0.2) is 0 Å². The van der Waals surface area contributed by atoms with Crippen LogP contribution in [0.1, 0.15) is 39.0 Å². The van der Waals surface area contributed by atoms with Gasteiger partial charge in [0.05, 0.1) is 0 Å². The largest absolute Gasteiger partial charge is 0.480 e. The van der Waals surface area contributed by atoms with Crippen LogP contribution in [0.5, 0.6) is 0 Å². The van der Waals surface area contributed by atoms with E-state index in [0.717, 1.165) is 12.8 Å². The van der Waals surface area contributed by atoms with Crippen molar-refractivity contribution >= 4 is 22.8 Å². The fourth-order valence-corrected chi connectivity index (χ4v) is 2.94. The van der Waals surface area contributed by atoms with Crippen molar-refractivity contribution in [2.45, 2.75) is 44.6 Å². The van der Waals surface area contributed by atoms with Crippen LogP contribution < -0.4 is 10.6 Å². The summed E-state index contributed by atoms with van der Waals surface area (Å²) in [7, 11) is -0.872. The third-order valence-electron chi connectivity index (χ3n) is 3.78. The molecule has 1 atom stereocenters. The van der Waals surface area contributed by atoms with Gasteiger partial charge in [-0.15, -0.1) is 0 Å². The first kappa shape index (κ1) is 16.9. The molecule has 1 aliphatic rings. The van der Waals surface area contributed by atoms with Crippen LogP contribution in [0.3, 0.4) is 0 Å². The van der Waals surface area contributed by atoms with Gasteiger partial charge in [0.1, 0.15) is 5.54 Å². The molecule has 1 saturated carbocycles. The molecule has 1 unspecified atom stereocenters. The van der Waals surface area contributed by atoms with Crippen LogP contribution in [-0.2, 0) is 15.6 Å². The minimum atomic E-state index is -1.13. The third-order valence-corrected chi connectivity index (χ3v) is 4.65. The molecule has 1 aliphatic carbocycles. The fourth-order valence-electron chi connectivity index (χ4n) is 2.39. The van der Waals surface area contributed by atoms with E-state index in [1.54, 1.807) is 6.26 Å². The normalized spacial score (nSPS) is 27.6. The van der Waals surface area contributed by atoms with E-state index in [1.807, 2.05) is 0 Å². The van der Waals surface area contributed by atoms with Gasteiger partial charge in [-0.05, 0) is 38.0 Å². The van der Waals surface area contributed by atoms with Crippen molar-refractivity contribution in [2.24, 2.45) is 5.92 Å². The van der Waals surface area contributed by atoms with Crippen LogP contribution in [0.2, 0.25) is 0 Å². The summed E-state index contributed by atoms with van der Waals surface area (Å²) in [5.74, 6) is 0.0723. The van der Waals surface area contributed by atoms with Crippen molar-refractivity contribution in [3.63, 3.8) is 0 Å². The molecule has 2 amide bonds. The van der Waals surface area contributed by atoms with Gasteiger partial charge < -0.3 is 15.7 Å². The molecule has 0 aromatic rings. The number of urea groups is 1. The highest BCUT2D eigenvalue weighted by Gasteiger charge is 2.42. The molecule has 0 radical (unpaired) electrons. The molecule has 20 heavy (non-hydrogen) atoms. The van der Waals surface area contributed by atoms with Crippen LogP contribution in [0.25, 0.3) is 0 Å². The number of carbonyl (C=O) groups excluding carboxylic acids is 1. The van der Waals surface area contributed by atoms with E-state index in [4.69, 9.17) is 0 Å². The standard InChI is InChI=1S/C13H24N2O4S/c1-10-4-6-13(7-5-10,11(16)17)15-12(18)14-8-3-9-20(2)19/h10H,3-9H2,1-2H3,(H,16,17)(H2,14,15,18). The first-order valence-electron chi connectivity index (χ1n) is 6.95. The van der Waals surface area contributed by atoms with Gasteiger partial charge in [-0.2, -0.15) is 0 Å². The SMILES string of the molecule is CC1CCC(NC(=O)NCCCS(C)=O)(C(=O)O)CC1. The van der Waals surface area contributed by atoms with Crippen molar-refractivity contribution in [3.8, 4) is 0 Å². The topological polar surface area (TPSA) is 95.5 Å². The monoisotopic (exact) mass is 304 g/mol. The summed E-state index contributed by atoms with van der Waals surface area (Å²) >= 11 is 0. The van der Waals surface area contributed by atoms with E-state index in [9.17, 15) is 18.9 Å². The molecule has 0 aromatic heterocycles. The molecule has 0 aromatic carbocycles. The Kier molecular flexibility index (Phi) is 6.45. The predicted octanol–water partition coefficient (Wildman–Crippen LogP) is 1.09. The molecule has 1 fully saturated rings. The number of carboxylic acids is 1. The Bertz CT molecular complexity index is 379. The van der Waals surface area contributed by atoms with Gasteiger partial charge in [-0.1, -0.05) is 6.92 Å². The van der Waals surface area contributed by atoms with Crippen molar-refractivity contribution < 1.29 is 18.9 Å². The molecule has 0 saturated heterocycles. The molecule has 0 spiro atoms. The van der Waals surface area contributed by atoms with Gasteiger partial charge in [-0.3, -0.25) is 4.21 Å². The van der Waals surface area contributed by atoms with Crippen molar-refractivity contribution in [1.82, 2.24) is 10.6 Å². The number of hydrogen-bond donors (Lipinski definition) is 3. The molecule has 7 heteroatoms. The maximum Gasteiger partial charge on any atom is 0.329 e. The van der Waals surface area contributed by atoms with E-state index >= 15 is 0 Å². The Labute approximate surface area is 122 Å². The van der Waals surface area contributed by atoms with Crippen LogP contribution in [0.4, 0.5) is 4.79 Å². The smallest absolute Gasteiger partial charge is 0.329 e. The van der Waals surface area contributed by atoms with Crippen molar-refractivity contribution in [3.05, 3.63) is 0 Å². The van der Waals surface area contributed by atoms with Gasteiger partial charge in [-0.25, -0.2) is 9.59 Å². The van der Waals surface area contributed by atoms with E-state index in [0.29, 0.717) is 37.5 Å². The number of aliphatic carboxylic acids is 1. The first-order chi connectivity index (χ1) is 9.35. The van der Waals surface area contributed by atoms with E-state index in [1.165, 1.54) is 0 Å². The average molecular weight is 304 g/mol. The molecule has 116 valence electrons. The maximum absolute atomic E-state index is 11.8. The summed E-state index contributed by atoms with van der Waals surface area (Å²) < 4.78 is 10.9. The zero-order chi connectivity index (χ0) is 15.2. The second-order valence-electron chi connectivity index (χ2n) is 5.58. The summed E-state index contributed by atoms with van der Waals surface area (Å²) in [6.07, 6.45) is 4.78.